The second-order valence-corrected chi connectivity index (χ2v) is 7.06. The van der Waals surface area contributed by atoms with E-state index in [1.807, 2.05) is 6.07 Å². The number of aromatic nitrogens is 2. The SMILES string of the molecule is N#CCN1CN(C2CCCCC2)c2c(cnc3c2ccn3SF)C1=O. The standard InChI is InChI=1S/C17H18FN5OS/c18-25-23-8-6-13-15-14(10-20-16(13)23)17(24)21(9-7-19)11-22(15)12-4-2-1-3-5-12/h6,8,10,12H,1-5,9,11H2. The van der Waals surface area contributed by atoms with Crippen molar-refractivity contribution in [2.45, 2.75) is 38.1 Å². The van der Waals surface area contributed by atoms with Gasteiger partial charge >= 0.3 is 0 Å². The molecule has 2 aromatic rings. The van der Waals surface area contributed by atoms with Crippen LogP contribution in [-0.2, 0) is 0 Å². The Hall–Kier alpha value is -2.27. The maximum Gasteiger partial charge on any atom is 0.259 e. The van der Waals surface area contributed by atoms with E-state index in [-0.39, 0.29) is 24.8 Å². The number of carbonyl (C=O) groups is 1. The van der Waals surface area contributed by atoms with Gasteiger partial charge in [-0.15, -0.1) is 3.89 Å². The Balaban J connectivity index is 1.87. The van der Waals surface area contributed by atoms with Gasteiger partial charge in [0.1, 0.15) is 6.54 Å². The summed E-state index contributed by atoms with van der Waals surface area (Å²) in [5.74, 6) is -0.182. The monoisotopic (exact) mass is 359 g/mol. The summed E-state index contributed by atoms with van der Waals surface area (Å²) in [4.78, 5) is 20.9. The lowest BCUT2D eigenvalue weighted by Gasteiger charge is -2.43. The molecule has 4 rings (SSSR count). The van der Waals surface area contributed by atoms with E-state index in [2.05, 4.69) is 16.0 Å². The van der Waals surface area contributed by atoms with E-state index < -0.39 is 0 Å². The Kier molecular flexibility index (Phi) is 4.25. The molecule has 0 unspecified atom stereocenters. The fourth-order valence-corrected chi connectivity index (χ4v) is 4.28. The van der Waals surface area contributed by atoms with E-state index in [4.69, 9.17) is 5.26 Å². The molecule has 0 N–H and O–H groups in total. The van der Waals surface area contributed by atoms with Gasteiger partial charge in [0.05, 0.1) is 24.0 Å². The van der Waals surface area contributed by atoms with Crippen LogP contribution in [-0.4, -0.2) is 39.0 Å². The highest BCUT2D eigenvalue weighted by atomic mass is 32.2. The van der Waals surface area contributed by atoms with Gasteiger partial charge in [-0.05, 0) is 18.9 Å². The third kappa shape index (κ3) is 2.63. The first-order chi connectivity index (χ1) is 12.2. The van der Waals surface area contributed by atoms with E-state index in [1.165, 1.54) is 16.6 Å². The quantitative estimate of drug-likeness (QED) is 0.785. The van der Waals surface area contributed by atoms with Gasteiger partial charge in [0.15, 0.2) is 18.0 Å². The molecule has 1 amide bonds. The largest absolute Gasteiger partial charge is 0.349 e. The third-order valence-corrected chi connectivity index (χ3v) is 5.58. The number of nitrogens with zero attached hydrogens (tertiary/aromatic N) is 5. The maximum absolute atomic E-state index is 13.1. The van der Waals surface area contributed by atoms with Gasteiger partial charge in [-0.3, -0.25) is 4.79 Å². The fraction of sp³-hybridized carbons (Fsp3) is 0.471. The molecule has 1 fully saturated rings. The van der Waals surface area contributed by atoms with E-state index in [9.17, 15) is 8.68 Å². The first kappa shape index (κ1) is 16.2. The van der Waals surface area contributed by atoms with E-state index in [0.29, 0.717) is 23.9 Å². The minimum absolute atomic E-state index is 0.0564. The minimum atomic E-state index is -0.182. The molecule has 0 saturated heterocycles. The Morgan fingerprint density at radius 3 is 2.88 bits per heavy atom. The number of nitriles is 1. The van der Waals surface area contributed by atoms with Crippen molar-refractivity contribution in [2.24, 2.45) is 0 Å². The molecule has 6 nitrogen and oxygen atoms in total. The van der Waals surface area contributed by atoms with E-state index >= 15 is 0 Å². The van der Waals surface area contributed by atoms with E-state index in [0.717, 1.165) is 36.8 Å². The number of amides is 1. The van der Waals surface area contributed by atoms with E-state index in [1.54, 1.807) is 11.1 Å². The number of hydrogen-bond acceptors (Lipinski definition) is 5. The summed E-state index contributed by atoms with van der Waals surface area (Å²) in [6.07, 6.45) is 8.85. The van der Waals surface area contributed by atoms with Crippen molar-refractivity contribution < 1.29 is 8.68 Å². The molecule has 0 radical (unpaired) electrons. The first-order valence-electron chi connectivity index (χ1n) is 8.46. The molecule has 0 aromatic carbocycles. The lowest BCUT2D eigenvalue weighted by Crippen LogP contribution is -2.51. The van der Waals surface area contributed by atoms with Gasteiger partial charge in [-0.2, -0.15) is 5.26 Å². The van der Waals surface area contributed by atoms with Gasteiger partial charge in [0, 0.05) is 23.8 Å². The molecule has 1 aliphatic heterocycles. The molecule has 0 spiro atoms. The number of anilines is 1. The number of pyridine rings is 1. The second-order valence-electron chi connectivity index (χ2n) is 6.53. The Morgan fingerprint density at radius 1 is 1.36 bits per heavy atom. The van der Waals surface area contributed by atoms with Gasteiger partial charge in [-0.25, -0.2) is 8.96 Å². The van der Waals surface area contributed by atoms with Crippen molar-refractivity contribution in [1.29, 1.82) is 5.26 Å². The topological polar surface area (TPSA) is 65.2 Å². The van der Waals surface area contributed by atoms with Crippen molar-refractivity contribution in [3.05, 3.63) is 24.0 Å². The molecular formula is C17H18FN5OS. The van der Waals surface area contributed by atoms with Gasteiger partial charge in [-0.1, -0.05) is 19.3 Å². The normalized spacial score (nSPS) is 18.5. The maximum atomic E-state index is 13.1. The Morgan fingerprint density at radius 2 is 2.16 bits per heavy atom. The Labute approximate surface area is 149 Å². The number of hydrogen-bond donors (Lipinski definition) is 0. The summed E-state index contributed by atoms with van der Waals surface area (Å²) >= 11 is 0.0992. The van der Waals surface area contributed by atoms with Gasteiger partial charge < -0.3 is 9.80 Å². The molecule has 25 heavy (non-hydrogen) atoms. The summed E-state index contributed by atoms with van der Waals surface area (Å²) in [5.41, 5.74) is 1.86. The molecule has 2 aliphatic rings. The van der Waals surface area contributed by atoms with Gasteiger partial charge in [0.25, 0.3) is 5.91 Å². The summed E-state index contributed by atoms with van der Waals surface area (Å²) in [5, 5.41) is 9.85. The number of halogens is 1. The Bertz CT molecular complexity index is 855. The summed E-state index contributed by atoms with van der Waals surface area (Å²) in [7, 11) is 0. The molecule has 0 bridgehead atoms. The molecule has 130 valence electrons. The van der Waals surface area contributed by atoms with Crippen LogP contribution >= 0.6 is 12.3 Å². The summed E-state index contributed by atoms with van der Waals surface area (Å²) in [6.45, 7) is 0.456. The van der Waals surface area contributed by atoms with Crippen molar-refractivity contribution in [2.75, 3.05) is 18.1 Å². The summed E-state index contributed by atoms with van der Waals surface area (Å²) < 4.78 is 14.5. The average molecular weight is 359 g/mol. The third-order valence-electron chi connectivity index (χ3n) is 5.13. The first-order valence-corrected chi connectivity index (χ1v) is 9.14. The minimum Gasteiger partial charge on any atom is -0.349 e. The zero-order valence-electron chi connectivity index (χ0n) is 13.7. The molecule has 0 atom stereocenters. The molecule has 1 aliphatic carbocycles. The van der Waals surface area contributed by atoms with Crippen LogP contribution < -0.4 is 4.90 Å². The number of carbonyl (C=O) groups excluding carboxylic acids is 1. The highest BCUT2D eigenvalue weighted by Crippen LogP contribution is 2.39. The van der Waals surface area contributed by atoms with Crippen LogP contribution in [0.4, 0.5) is 9.57 Å². The fourth-order valence-electron chi connectivity index (χ4n) is 3.96. The number of rotatable bonds is 3. The molecule has 3 heterocycles. The van der Waals surface area contributed by atoms with Crippen LogP contribution in [0.15, 0.2) is 18.5 Å². The van der Waals surface area contributed by atoms with Crippen LogP contribution in [0.5, 0.6) is 0 Å². The lowest BCUT2D eigenvalue weighted by molar-refractivity contribution is 0.0755. The molecule has 2 aromatic heterocycles. The van der Waals surface area contributed by atoms with Gasteiger partial charge in [0.2, 0.25) is 0 Å². The van der Waals surface area contributed by atoms with Crippen LogP contribution in [0, 0.1) is 11.3 Å². The van der Waals surface area contributed by atoms with Crippen LogP contribution in [0.3, 0.4) is 0 Å². The zero-order chi connectivity index (χ0) is 17.4. The molecular weight excluding hydrogens is 341 g/mol. The lowest BCUT2D eigenvalue weighted by atomic mass is 9.92. The molecule has 1 saturated carbocycles. The molecule has 8 heteroatoms. The van der Waals surface area contributed by atoms with Crippen molar-refractivity contribution >= 4 is 35.0 Å². The van der Waals surface area contributed by atoms with Crippen LogP contribution in [0.2, 0.25) is 0 Å². The van der Waals surface area contributed by atoms with Crippen LogP contribution in [0.1, 0.15) is 42.5 Å². The van der Waals surface area contributed by atoms with Crippen molar-refractivity contribution in [3.8, 4) is 6.07 Å². The van der Waals surface area contributed by atoms with Crippen molar-refractivity contribution in [3.63, 3.8) is 0 Å². The van der Waals surface area contributed by atoms with Crippen LogP contribution in [0.25, 0.3) is 11.0 Å². The second kappa shape index (κ2) is 6.56. The predicted octanol–water partition coefficient (Wildman–Crippen LogP) is 3.49. The highest BCUT2D eigenvalue weighted by molar-refractivity contribution is 7.92. The zero-order valence-corrected chi connectivity index (χ0v) is 14.5. The number of fused-ring (bicyclic) bond motifs is 3. The smallest absolute Gasteiger partial charge is 0.259 e. The predicted molar refractivity (Wildman–Crippen MR) is 94.7 cm³/mol. The highest BCUT2D eigenvalue weighted by Gasteiger charge is 2.35. The average Bonchev–Trinajstić information content (AvgIpc) is 3.08. The van der Waals surface area contributed by atoms with Crippen molar-refractivity contribution in [1.82, 2.24) is 13.9 Å². The summed E-state index contributed by atoms with van der Waals surface area (Å²) in [6, 6.07) is 4.22.